The van der Waals surface area contributed by atoms with Gasteiger partial charge in [-0.1, -0.05) is 35.6 Å². The molecule has 0 aliphatic carbocycles. The number of hydrogen-bond acceptors (Lipinski definition) is 3. The predicted molar refractivity (Wildman–Crippen MR) is 82.8 cm³/mol. The average molecular weight is 380 g/mol. The summed E-state index contributed by atoms with van der Waals surface area (Å²) >= 11 is 6.53. The molecule has 1 heterocycles. The lowest BCUT2D eigenvalue weighted by Gasteiger charge is -2.08. The minimum atomic E-state index is -4.52. The van der Waals surface area contributed by atoms with Gasteiger partial charge in [0.1, 0.15) is 4.21 Å². The maximum atomic E-state index is 12.8. The second-order valence-electron chi connectivity index (χ2n) is 4.23. The number of hydrogen-bond donors (Lipinski definition) is 1. The van der Waals surface area contributed by atoms with Crippen LogP contribution in [-0.4, -0.2) is 15.0 Å². The van der Waals surface area contributed by atoms with Crippen LogP contribution in [0, 0.1) is 11.8 Å². The summed E-state index contributed by atoms with van der Waals surface area (Å²) in [5, 5.41) is 0. The van der Waals surface area contributed by atoms with Gasteiger partial charge in [-0.05, 0) is 24.3 Å². The van der Waals surface area contributed by atoms with Gasteiger partial charge in [-0.25, -0.2) is 8.42 Å². The van der Waals surface area contributed by atoms with Crippen LogP contribution in [0.15, 0.2) is 40.6 Å². The first kappa shape index (κ1) is 17.8. The van der Waals surface area contributed by atoms with Crippen molar-refractivity contribution < 1.29 is 21.6 Å². The molecule has 0 aliphatic heterocycles. The molecule has 0 unspecified atom stereocenters. The lowest BCUT2D eigenvalue weighted by Crippen LogP contribution is -2.23. The fourth-order valence-electron chi connectivity index (χ4n) is 1.62. The van der Waals surface area contributed by atoms with E-state index in [4.69, 9.17) is 11.6 Å². The zero-order valence-electron chi connectivity index (χ0n) is 11.3. The van der Waals surface area contributed by atoms with Crippen molar-refractivity contribution in [2.75, 3.05) is 6.54 Å². The van der Waals surface area contributed by atoms with Crippen molar-refractivity contribution in [3.05, 3.63) is 51.9 Å². The van der Waals surface area contributed by atoms with Gasteiger partial charge in [0.15, 0.2) is 0 Å². The number of alkyl halides is 3. The molecular weight excluding hydrogens is 371 g/mol. The van der Waals surface area contributed by atoms with Gasteiger partial charge >= 0.3 is 6.18 Å². The van der Waals surface area contributed by atoms with Gasteiger partial charge in [0.05, 0.1) is 16.4 Å². The molecule has 0 fully saturated rings. The molecule has 0 spiro atoms. The Morgan fingerprint density at radius 3 is 2.48 bits per heavy atom. The van der Waals surface area contributed by atoms with Crippen molar-refractivity contribution in [2.45, 2.75) is 10.4 Å². The number of sulfonamides is 1. The number of halogens is 4. The molecule has 1 aromatic heterocycles. The molecule has 122 valence electrons. The minimum absolute atomic E-state index is 0.0139. The van der Waals surface area contributed by atoms with Gasteiger partial charge in [-0.2, -0.15) is 17.9 Å². The van der Waals surface area contributed by atoms with Gasteiger partial charge in [-0.3, -0.25) is 0 Å². The summed E-state index contributed by atoms with van der Waals surface area (Å²) in [6.45, 7) is -0.315. The van der Waals surface area contributed by atoms with E-state index < -0.39 is 21.8 Å². The molecule has 1 N–H and O–H groups in total. The maximum Gasteiger partial charge on any atom is 0.417 e. The summed E-state index contributed by atoms with van der Waals surface area (Å²) in [5.41, 5.74) is -1.07. The fourth-order valence-corrected chi connectivity index (χ4v) is 4.07. The van der Waals surface area contributed by atoms with Gasteiger partial charge < -0.3 is 0 Å². The van der Waals surface area contributed by atoms with Crippen LogP contribution >= 0.6 is 22.9 Å². The third-order valence-corrected chi connectivity index (χ3v) is 5.74. The number of rotatable bonds is 3. The van der Waals surface area contributed by atoms with Crippen LogP contribution in [-0.2, 0) is 16.2 Å². The third kappa shape index (κ3) is 4.72. The van der Waals surface area contributed by atoms with E-state index in [9.17, 15) is 21.6 Å². The van der Waals surface area contributed by atoms with Crippen LogP contribution in [0.1, 0.15) is 11.1 Å². The van der Waals surface area contributed by atoms with Crippen LogP contribution in [0.3, 0.4) is 0 Å². The van der Waals surface area contributed by atoms with Gasteiger partial charge in [0, 0.05) is 5.56 Å². The topological polar surface area (TPSA) is 46.2 Å². The van der Waals surface area contributed by atoms with Crippen LogP contribution in [0.5, 0.6) is 0 Å². The Labute approximate surface area is 140 Å². The second kappa shape index (κ2) is 6.93. The van der Waals surface area contributed by atoms with E-state index in [0.29, 0.717) is 4.34 Å². The normalized spacial score (nSPS) is 11.8. The summed E-state index contributed by atoms with van der Waals surface area (Å²) in [6, 6.07) is 7.60. The highest BCUT2D eigenvalue weighted by Crippen LogP contribution is 2.31. The van der Waals surface area contributed by atoms with Crippen molar-refractivity contribution >= 4 is 33.0 Å². The Balaban J connectivity index is 2.11. The maximum absolute atomic E-state index is 12.8. The smallest absolute Gasteiger partial charge is 0.206 e. The van der Waals surface area contributed by atoms with Crippen molar-refractivity contribution in [2.24, 2.45) is 0 Å². The van der Waals surface area contributed by atoms with Crippen LogP contribution in [0.25, 0.3) is 0 Å². The van der Waals surface area contributed by atoms with E-state index in [1.54, 1.807) is 0 Å². The van der Waals surface area contributed by atoms with Crippen molar-refractivity contribution in [1.82, 2.24) is 4.72 Å². The molecule has 0 saturated carbocycles. The highest BCUT2D eigenvalue weighted by atomic mass is 35.5. The summed E-state index contributed by atoms with van der Waals surface area (Å²) in [6.07, 6.45) is -4.52. The Bertz CT molecular complexity index is 864. The zero-order valence-corrected chi connectivity index (χ0v) is 13.7. The number of nitrogens with one attached hydrogen (secondary N) is 1. The van der Waals surface area contributed by atoms with Gasteiger partial charge in [-0.15, -0.1) is 11.3 Å². The summed E-state index contributed by atoms with van der Waals surface area (Å²) < 4.78 is 64.6. The lowest BCUT2D eigenvalue weighted by atomic mass is 10.1. The molecular formula is C14H9ClF3NO2S2. The zero-order chi connectivity index (χ0) is 17.1. The van der Waals surface area contributed by atoms with Crippen LogP contribution < -0.4 is 4.72 Å². The molecule has 3 nitrogen and oxygen atoms in total. The minimum Gasteiger partial charge on any atom is -0.206 e. The Morgan fingerprint density at radius 2 is 1.87 bits per heavy atom. The molecule has 23 heavy (non-hydrogen) atoms. The SMILES string of the molecule is O=S(=O)(NCC#Cc1ccccc1C(F)(F)F)c1ccc(Cl)s1. The Hall–Kier alpha value is -1.53. The first-order chi connectivity index (χ1) is 10.7. The van der Waals surface area contributed by atoms with E-state index >= 15 is 0 Å². The van der Waals surface area contributed by atoms with E-state index in [1.807, 2.05) is 0 Å². The molecule has 2 rings (SSSR count). The third-order valence-electron chi connectivity index (χ3n) is 2.62. The first-order valence-electron chi connectivity index (χ1n) is 6.10. The predicted octanol–water partition coefficient (Wildman–Crippen LogP) is 3.75. The second-order valence-corrected chi connectivity index (χ2v) is 7.94. The summed E-state index contributed by atoms with van der Waals surface area (Å²) in [7, 11) is -3.77. The van der Waals surface area contributed by atoms with Crippen molar-refractivity contribution in [1.29, 1.82) is 0 Å². The first-order valence-corrected chi connectivity index (χ1v) is 8.78. The Kier molecular flexibility index (Phi) is 5.37. The molecule has 0 atom stereocenters. The lowest BCUT2D eigenvalue weighted by molar-refractivity contribution is -0.137. The standard InChI is InChI=1S/C14H9ClF3NO2S2/c15-12-7-8-13(22-12)23(20,21)19-9-3-5-10-4-1-2-6-11(10)14(16,17)18/h1-2,4,6-8,19H,9H2. The fraction of sp³-hybridized carbons (Fsp3) is 0.143. The van der Waals surface area contributed by atoms with E-state index in [1.165, 1.54) is 30.3 Å². The van der Waals surface area contributed by atoms with Crippen molar-refractivity contribution in [3.63, 3.8) is 0 Å². The number of benzene rings is 1. The quantitative estimate of drug-likeness (QED) is 0.825. The van der Waals surface area contributed by atoms with Crippen LogP contribution in [0.4, 0.5) is 13.2 Å². The molecule has 0 radical (unpaired) electrons. The largest absolute Gasteiger partial charge is 0.417 e. The van der Waals surface area contributed by atoms with Crippen LogP contribution in [0.2, 0.25) is 4.34 Å². The molecule has 0 aliphatic rings. The Morgan fingerprint density at radius 1 is 1.17 bits per heavy atom. The molecule has 2 aromatic rings. The number of thiophene rings is 1. The van der Waals surface area contributed by atoms with E-state index in [-0.39, 0.29) is 16.3 Å². The molecule has 0 bridgehead atoms. The van der Waals surface area contributed by atoms with E-state index in [2.05, 4.69) is 16.6 Å². The van der Waals surface area contributed by atoms with Gasteiger partial charge in [0.25, 0.3) is 10.0 Å². The molecule has 0 saturated heterocycles. The van der Waals surface area contributed by atoms with E-state index in [0.717, 1.165) is 17.4 Å². The summed E-state index contributed by atoms with van der Waals surface area (Å²) in [4.78, 5) is 0. The average Bonchev–Trinajstić information content (AvgIpc) is 2.90. The molecule has 9 heteroatoms. The molecule has 0 amide bonds. The monoisotopic (exact) mass is 379 g/mol. The summed E-state index contributed by atoms with van der Waals surface area (Å²) in [5.74, 6) is 4.71. The highest BCUT2D eigenvalue weighted by Gasteiger charge is 2.32. The van der Waals surface area contributed by atoms with Crippen molar-refractivity contribution in [3.8, 4) is 11.8 Å². The van der Waals surface area contributed by atoms with Gasteiger partial charge in [0.2, 0.25) is 0 Å². The molecule has 1 aromatic carbocycles. The highest BCUT2D eigenvalue weighted by molar-refractivity contribution is 7.91.